The number of hydrogen-bond acceptors (Lipinski definition) is 2. The van der Waals surface area contributed by atoms with E-state index >= 15 is 0 Å². The first-order valence-corrected chi connectivity index (χ1v) is 9.37. The number of rotatable bonds is 6. The van der Waals surface area contributed by atoms with Crippen molar-refractivity contribution in [1.82, 2.24) is 4.90 Å². The van der Waals surface area contributed by atoms with E-state index in [1.165, 1.54) is 39.1 Å². The van der Waals surface area contributed by atoms with Gasteiger partial charge in [-0.1, -0.05) is 60.2 Å². The van der Waals surface area contributed by atoms with E-state index in [4.69, 9.17) is 0 Å². The van der Waals surface area contributed by atoms with E-state index in [1.54, 1.807) is 0 Å². The standard InChI is InChI=1S/C24H30N2/c1-17-12-18(2)24(19(3)13-17)25-15-22-8-6-7-9-23(22)21-11-10-20(14-21)16-26(4)5/h6-14,21,25H,15-16H2,1-5H3. The van der Waals surface area contributed by atoms with Crippen LogP contribution in [0.25, 0.3) is 0 Å². The molecule has 3 rings (SSSR count). The Bertz CT molecular complexity index is 820. The number of allylic oxidation sites excluding steroid dienone is 2. The zero-order valence-corrected chi connectivity index (χ0v) is 16.6. The molecule has 1 N–H and O–H groups in total. The van der Waals surface area contributed by atoms with E-state index in [9.17, 15) is 0 Å². The lowest BCUT2D eigenvalue weighted by Crippen LogP contribution is -2.13. The maximum atomic E-state index is 3.68. The molecule has 0 fully saturated rings. The van der Waals surface area contributed by atoms with Crippen molar-refractivity contribution in [3.05, 3.63) is 88.0 Å². The van der Waals surface area contributed by atoms with Gasteiger partial charge in [0.05, 0.1) is 0 Å². The maximum absolute atomic E-state index is 3.68. The van der Waals surface area contributed by atoms with Crippen molar-refractivity contribution < 1.29 is 0 Å². The summed E-state index contributed by atoms with van der Waals surface area (Å²) in [6.45, 7) is 8.37. The van der Waals surface area contributed by atoms with Gasteiger partial charge in [-0.25, -0.2) is 0 Å². The summed E-state index contributed by atoms with van der Waals surface area (Å²) in [5.74, 6) is 0.378. The van der Waals surface area contributed by atoms with Crippen molar-refractivity contribution in [2.45, 2.75) is 33.2 Å². The van der Waals surface area contributed by atoms with Gasteiger partial charge in [-0.15, -0.1) is 0 Å². The molecule has 2 nitrogen and oxygen atoms in total. The minimum absolute atomic E-state index is 0.378. The summed E-state index contributed by atoms with van der Waals surface area (Å²) < 4.78 is 0. The maximum Gasteiger partial charge on any atom is 0.0404 e. The van der Waals surface area contributed by atoms with Crippen molar-refractivity contribution >= 4 is 5.69 Å². The van der Waals surface area contributed by atoms with Crippen molar-refractivity contribution in [1.29, 1.82) is 0 Å². The van der Waals surface area contributed by atoms with Crippen LogP contribution in [0, 0.1) is 20.8 Å². The first-order valence-electron chi connectivity index (χ1n) is 9.37. The van der Waals surface area contributed by atoms with E-state index in [-0.39, 0.29) is 0 Å². The Kier molecular flexibility index (Phi) is 5.63. The van der Waals surface area contributed by atoms with Gasteiger partial charge in [-0.05, 0) is 62.7 Å². The van der Waals surface area contributed by atoms with Crippen molar-refractivity contribution in [2.24, 2.45) is 0 Å². The van der Waals surface area contributed by atoms with E-state index in [1.807, 2.05) is 0 Å². The Morgan fingerprint density at radius 1 is 1.00 bits per heavy atom. The smallest absolute Gasteiger partial charge is 0.0404 e. The Balaban J connectivity index is 1.79. The fourth-order valence-electron chi connectivity index (χ4n) is 3.90. The summed E-state index contributed by atoms with van der Waals surface area (Å²) in [5, 5.41) is 3.68. The molecule has 0 aromatic heterocycles. The van der Waals surface area contributed by atoms with E-state index < -0.39 is 0 Å². The number of likely N-dealkylation sites (N-methyl/N-ethyl adjacent to an activating group) is 1. The van der Waals surface area contributed by atoms with Crippen molar-refractivity contribution in [3.63, 3.8) is 0 Å². The lowest BCUT2D eigenvalue weighted by molar-refractivity contribution is 0.449. The number of aryl methyl sites for hydroxylation is 3. The number of nitrogens with one attached hydrogen (secondary N) is 1. The van der Waals surface area contributed by atoms with Crippen LogP contribution >= 0.6 is 0 Å². The second-order valence-corrected chi connectivity index (χ2v) is 7.69. The van der Waals surface area contributed by atoms with E-state index in [0.29, 0.717) is 5.92 Å². The van der Waals surface area contributed by atoms with Gasteiger partial charge in [-0.2, -0.15) is 0 Å². The summed E-state index contributed by atoms with van der Waals surface area (Å²) in [4.78, 5) is 2.22. The summed E-state index contributed by atoms with van der Waals surface area (Å²) in [5.41, 5.74) is 9.36. The third kappa shape index (κ3) is 4.25. The highest BCUT2D eigenvalue weighted by molar-refractivity contribution is 5.58. The first kappa shape index (κ1) is 18.5. The van der Waals surface area contributed by atoms with Crippen LogP contribution < -0.4 is 5.32 Å². The number of benzene rings is 2. The number of nitrogens with zero attached hydrogens (tertiary/aromatic N) is 1. The molecular formula is C24H30N2. The number of hydrogen-bond donors (Lipinski definition) is 1. The Hall–Kier alpha value is -2.32. The van der Waals surface area contributed by atoms with Gasteiger partial charge in [-0.3, -0.25) is 0 Å². The summed E-state index contributed by atoms with van der Waals surface area (Å²) in [6.07, 6.45) is 6.98. The molecule has 1 atom stereocenters. The first-order chi connectivity index (χ1) is 12.4. The monoisotopic (exact) mass is 346 g/mol. The molecule has 0 amide bonds. The summed E-state index contributed by atoms with van der Waals surface area (Å²) in [7, 11) is 4.23. The molecule has 0 heterocycles. The topological polar surface area (TPSA) is 15.3 Å². The van der Waals surface area contributed by atoms with E-state index in [0.717, 1.165) is 13.1 Å². The second-order valence-electron chi connectivity index (χ2n) is 7.69. The molecule has 0 saturated carbocycles. The molecule has 0 radical (unpaired) electrons. The van der Waals surface area contributed by atoms with Crippen LogP contribution in [0.1, 0.15) is 33.7 Å². The normalized spacial score (nSPS) is 16.2. The van der Waals surface area contributed by atoms with Gasteiger partial charge < -0.3 is 10.2 Å². The molecule has 0 aliphatic heterocycles. The zero-order chi connectivity index (χ0) is 18.7. The Morgan fingerprint density at radius 3 is 2.38 bits per heavy atom. The fraction of sp³-hybridized carbons (Fsp3) is 0.333. The molecule has 2 aromatic carbocycles. The predicted octanol–water partition coefficient (Wildman–Crippen LogP) is 5.37. The largest absolute Gasteiger partial charge is 0.381 e. The van der Waals surface area contributed by atoms with E-state index in [2.05, 4.69) is 99.7 Å². The highest BCUT2D eigenvalue weighted by atomic mass is 15.0. The van der Waals surface area contributed by atoms with Crippen LogP contribution in [0.3, 0.4) is 0 Å². The average molecular weight is 347 g/mol. The highest BCUT2D eigenvalue weighted by Gasteiger charge is 2.15. The van der Waals surface area contributed by atoms with Gasteiger partial charge in [0.25, 0.3) is 0 Å². The quantitative estimate of drug-likeness (QED) is 0.757. The van der Waals surface area contributed by atoms with Crippen LogP contribution in [0.4, 0.5) is 5.69 Å². The number of anilines is 1. The fourth-order valence-corrected chi connectivity index (χ4v) is 3.90. The molecule has 0 spiro atoms. The van der Waals surface area contributed by atoms with Gasteiger partial charge >= 0.3 is 0 Å². The van der Waals surface area contributed by atoms with Gasteiger partial charge in [0.2, 0.25) is 0 Å². The van der Waals surface area contributed by atoms with Crippen LogP contribution in [0.15, 0.2) is 60.2 Å². The van der Waals surface area contributed by atoms with Gasteiger partial charge in [0.15, 0.2) is 0 Å². The molecule has 0 bridgehead atoms. The third-order valence-corrected chi connectivity index (χ3v) is 4.96. The van der Waals surface area contributed by atoms with Crippen molar-refractivity contribution in [3.8, 4) is 0 Å². The van der Waals surface area contributed by atoms with Crippen LogP contribution in [0.2, 0.25) is 0 Å². The molecule has 0 saturated heterocycles. The van der Waals surface area contributed by atoms with Crippen LogP contribution in [0.5, 0.6) is 0 Å². The lowest BCUT2D eigenvalue weighted by Gasteiger charge is -2.17. The minimum Gasteiger partial charge on any atom is -0.381 e. The summed E-state index contributed by atoms with van der Waals surface area (Å²) in [6, 6.07) is 13.3. The molecule has 2 aromatic rings. The van der Waals surface area contributed by atoms with Crippen molar-refractivity contribution in [2.75, 3.05) is 26.0 Å². The molecule has 1 aliphatic carbocycles. The third-order valence-electron chi connectivity index (χ3n) is 4.96. The average Bonchev–Trinajstić information content (AvgIpc) is 3.01. The highest BCUT2D eigenvalue weighted by Crippen LogP contribution is 2.30. The van der Waals surface area contributed by atoms with Crippen LogP contribution in [-0.4, -0.2) is 25.5 Å². The molecule has 1 unspecified atom stereocenters. The molecule has 26 heavy (non-hydrogen) atoms. The summed E-state index contributed by atoms with van der Waals surface area (Å²) >= 11 is 0. The Morgan fingerprint density at radius 2 is 1.69 bits per heavy atom. The van der Waals surface area contributed by atoms with Gasteiger partial charge in [0.1, 0.15) is 0 Å². The lowest BCUT2D eigenvalue weighted by atomic mass is 9.95. The second kappa shape index (κ2) is 7.92. The zero-order valence-electron chi connectivity index (χ0n) is 16.6. The van der Waals surface area contributed by atoms with Gasteiger partial charge in [0, 0.05) is 24.7 Å². The van der Waals surface area contributed by atoms with Crippen LogP contribution in [-0.2, 0) is 6.54 Å². The Labute approximate surface area is 158 Å². The minimum atomic E-state index is 0.378. The molecule has 1 aliphatic rings. The SMILES string of the molecule is Cc1cc(C)c(NCc2ccccc2C2C=CC(CN(C)C)=C2)c(C)c1. The predicted molar refractivity (Wildman–Crippen MR) is 113 cm³/mol. The molecular weight excluding hydrogens is 316 g/mol. The molecule has 2 heteroatoms. The molecule has 136 valence electrons.